The van der Waals surface area contributed by atoms with Gasteiger partial charge in [0.05, 0.1) is 0 Å². The number of halogens is 1. The van der Waals surface area contributed by atoms with E-state index in [1.54, 1.807) is 23.5 Å². The van der Waals surface area contributed by atoms with Crippen molar-refractivity contribution in [2.75, 3.05) is 18.1 Å². The first-order chi connectivity index (χ1) is 14.8. The molecule has 0 bridgehead atoms. The van der Waals surface area contributed by atoms with Crippen LogP contribution in [0.4, 0.5) is 0 Å². The van der Waals surface area contributed by atoms with Crippen LogP contribution < -0.4 is 0 Å². The summed E-state index contributed by atoms with van der Waals surface area (Å²) in [6.07, 6.45) is 20.7. The Balaban J connectivity index is 2.02. The third kappa shape index (κ3) is 16.6. The smallest absolute Gasteiger partial charge is 0.227 e. The van der Waals surface area contributed by atoms with Crippen molar-refractivity contribution in [2.45, 2.75) is 120 Å². The van der Waals surface area contributed by atoms with Crippen molar-refractivity contribution in [3.63, 3.8) is 0 Å². The largest absolute Gasteiger partial charge is 0.396 e. The fourth-order valence-corrected chi connectivity index (χ4v) is 5.27. The predicted molar refractivity (Wildman–Crippen MR) is 133 cm³/mol. The van der Waals surface area contributed by atoms with Crippen LogP contribution in [0, 0.1) is 0 Å². The number of hydrogen-bond acceptors (Lipinski definition) is 6. The molecule has 0 saturated heterocycles. The molecule has 0 fully saturated rings. The molecule has 0 aliphatic rings. The summed E-state index contributed by atoms with van der Waals surface area (Å²) >= 11 is 9.41. The number of hydrogen-bond donors (Lipinski definition) is 1. The molecule has 1 aromatic heterocycles. The van der Waals surface area contributed by atoms with Crippen molar-refractivity contribution in [3.05, 3.63) is 5.28 Å². The van der Waals surface area contributed by atoms with Crippen LogP contribution in [0.1, 0.15) is 110 Å². The van der Waals surface area contributed by atoms with E-state index in [9.17, 15) is 0 Å². The summed E-state index contributed by atoms with van der Waals surface area (Å²) in [5.41, 5.74) is 0. The molecule has 174 valence electrons. The fraction of sp³-hybridized carbons (Fsp3) is 0.870. The molecule has 0 radical (unpaired) electrons. The highest BCUT2D eigenvalue weighted by Crippen LogP contribution is 2.22. The second-order valence-electron chi connectivity index (χ2n) is 7.89. The molecule has 1 N–H and O–H groups in total. The van der Waals surface area contributed by atoms with Crippen LogP contribution in [0.2, 0.25) is 5.28 Å². The zero-order valence-electron chi connectivity index (χ0n) is 18.9. The summed E-state index contributed by atoms with van der Waals surface area (Å²) in [5, 5.41) is 10.6. The lowest BCUT2D eigenvalue weighted by Crippen LogP contribution is -1.96. The minimum Gasteiger partial charge on any atom is -0.396 e. The third-order valence-corrected chi connectivity index (χ3v) is 7.12. The highest BCUT2D eigenvalue weighted by molar-refractivity contribution is 7.99. The molecule has 0 aliphatic carbocycles. The van der Waals surface area contributed by atoms with Crippen molar-refractivity contribution in [1.29, 1.82) is 0 Å². The van der Waals surface area contributed by atoms with Gasteiger partial charge in [-0.15, -0.1) is 0 Å². The number of aliphatic hydroxyl groups excluding tert-OH is 1. The Labute approximate surface area is 198 Å². The van der Waals surface area contributed by atoms with Gasteiger partial charge < -0.3 is 5.11 Å². The average Bonchev–Trinajstić information content (AvgIpc) is 2.73. The van der Waals surface area contributed by atoms with E-state index in [-0.39, 0.29) is 6.61 Å². The first-order valence-electron chi connectivity index (χ1n) is 12.0. The van der Waals surface area contributed by atoms with Crippen LogP contribution in [0.3, 0.4) is 0 Å². The average molecular weight is 476 g/mol. The van der Waals surface area contributed by atoms with Crippen molar-refractivity contribution in [1.82, 2.24) is 15.0 Å². The monoisotopic (exact) mass is 475 g/mol. The normalized spacial score (nSPS) is 11.3. The molecule has 0 unspecified atom stereocenters. The molecule has 0 amide bonds. The molecule has 4 nitrogen and oxygen atoms in total. The number of aliphatic hydroxyl groups is 1. The Morgan fingerprint density at radius 1 is 0.600 bits per heavy atom. The number of unbranched alkanes of at least 4 members (excludes halogenated alkanes) is 14. The highest BCUT2D eigenvalue weighted by Gasteiger charge is 2.06. The Hall–Kier alpha value is -0.0400. The zero-order valence-corrected chi connectivity index (χ0v) is 21.3. The van der Waals surface area contributed by atoms with Crippen LogP contribution in [-0.2, 0) is 0 Å². The van der Waals surface area contributed by atoms with Gasteiger partial charge in [-0.25, -0.2) is 0 Å². The van der Waals surface area contributed by atoms with Gasteiger partial charge in [0.1, 0.15) is 0 Å². The van der Waals surface area contributed by atoms with E-state index in [0.29, 0.717) is 5.28 Å². The third-order valence-electron chi connectivity index (χ3n) is 5.08. The van der Waals surface area contributed by atoms with E-state index >= 15 is 0 Å². The first-order valence-corrected chi connectivity index (χ1v) is 14.4. The van der Waals surface area contributed by atoms with Gasteiger partial charge in [0.15, 0.2) is 10.3 Å². The van der Waals surface area contributed by atoms with Gasteiger partial charge in [0, 0.05) is 18.1 Å². The number of nitrogens with zero attached hydrogens (tertiary/aromatic N) is 3. The van der Waals surface area contributed by atoms with Gasteiger partial charge >= 0.3 is 0 Å². The maximum Gasteiger partial charge on any atom is 0.227 e. The van der Waals surface area contributed by atoms with Gasteiger partial charge in [-0.05, 0) is 30.9 Å². The van der Waals surface area contributed by atoms with Crippen LogP contribution >= 0.6 is 35.1 Å². The molecule has 0 atom stereocenters. The SMILES string of the molecule is CCCCCCCCCCCCCCSc1nc(Cl)nc(SCCCCCCO)n1. The van der Waals surface area contributed by atoms with Crippen LogP contribution in [0.5, 0.6) is 0 Å². The molecule has 7 heteroatoms. The van der Waals surface area contributed by atoms with Crippen molar-refractivity contribution in [2.24, 2.45) is 0 Å². The molecule has 1 heterocycles. The molecule has 0 saturated carbocycles. The Bertz CT molecular complexity index is 523. The summed E-state index contributed by atoms with van der Waals surface area (Å²) < 4.78 is 0. The second kappa shape index (κ2) is 20.8. The Morgan fingerprint density at radius 3 is 1.43 bits per heavy atom. The van der Waals surface area contributed by atoms with Crippen molar-refractivity contribution < 1.29 is 5.11 Å². The molecule has 0 aromatic carbocycles. The molecule has 1 aromatic rings. The maximum atomic E-state index is 8.81. The second-order valence-corrected chi connectivity index (χ2v) is 10.4. The minimum atomic E-state index is 0.288. The van der Waals surface area contributed by atoms with Crippen LogP contribution in [0.15, 0.2) is 10.3 Å². The summed E-state index contributed by atoms with van der Waals surface area (Å²) in [7, 11) is 0. The standard InChI is InChI=1S/C23H42ClN3OS2/c1-2-3-4-5-6-7-8-9-10-11-13-16-19-29-22-25-21(24)26-23(27-22)30-20-17-14-12-15-18-28/h28H,2-20H2,1H3. The van der Waals surface area contributed by atoms with E-state index < -0.39 is 0 Å². The Morgan fingerprint density at radius 2 is 1.00 bits per heavy atom. The molecule has 0 spiro atoms. The summed E-state index contributed by atoms with van der Waals surface area (Å²) in [6.45, 7) is 2.56. The molecule has 1 rings (SSSR count). The lowest BCUT2D eigenvalue weighted by molar-refractivity contribution is 0.283. The lowest BCUT2D eigenvalue weighted by Gasteiger charge is -2.05. The molecular weight excluding hydrogens is 434 g/mol. The van der Waals surface area contributed by atoms with Crippen molar-refractivity contribution in [3.8, 4) is 0 Å². The van der Waals surface area contributed by atoms with Gasteiger partial charge in [-0.2, -0.15) is 15.0 Å². The fourth-order valence-electron chi connectivity index (χ4n) is 3.28. The number of thioether (sulfide) groups is 2. The van der Waals surface area contributed by atoms with E-state index in [0.717, 1.165) is 47.5 Å². The quantitative estimate of drug-likeness (QED) is 0.144. The molecule has 0 aliphatic heterocycles. The van der Waals surface area contributed by atoms with Crippen molar-refractivity contribution >= 4 is 35.1 Å². The summed E-state index contributed by atoms with van der Waals surface area (Å²) in [5.74, 6) is 2.03. The zero-order chi connectivity index (χ0) is 21.7. The Kier molecular flexibility index (Phi) is 19.4. The number of aromatic nitrogens is 3. The molecule has 30 heavy (non-hydrogen) atoms. The van der Waals surface area contributed by atoms with E-state index in [1.165, 1.54) is 77.0 Å². The first kappa shape index (κ1) is 28.0. The minimum absolute atomic E-state index is 0.288. The van der Waals surface area contributed by atoms with Gasteiger partial charge in [0.2, 0.25) is 5.28 Å². The molecular formula is C23H42ClN3OS2. The predicted octanol–water partition coefficient (Wildman–Crippen LogP) is 7.96. The van der Waals surface area contributed by atoms with Gasteiger partial charge in [-0.3, -0.25) is 0 Å². The van der Waals surface area contributed by atoms with E-state index in [4.69, 9.17) is 16.7 Å². The van der Waals surface area contributed by atoms with Gasteiger partial charge in [0.25, 0.3) is 0 Å². The van der Waals surface area contributed by atoms with E-state index in [1.807, 2.05) is 0 Å². The van der Waals surface area contributed by atoms with Crippen LogP contribution in [-0.4, -0.2) is 38.2 Å². The lowest BCUT2D eigenvalue weighted by atomic mass is 10.1. The summed E-state index contributed by atoms with van der Waals surface area (Å²) in [4.78, 5) is 13.0. The summed E-state index contributed by atoms with van der Waals surface area (Å²) in [6, 6.07) is 0. The van der Waals surface area contributed by atoms with E-state index in [2.05, 4.69) is 21.9 Å². The topological polar surface area (TPSA) is 58.9 Å². The maximum absolute atomic E-state index is 8.81. The number of rotatable bonds is 21. The van der Waals surface area contributed by atoms with Crippen LogP contribution in [0.25, 0.3) is 0 Å². The van der Waals surface area contributed by atoms with Gasteiger partial charge in [-0.1, -0.05) is 114 Å². The highest BCUT2D eigenvalue weighted by atomic mass is 35.5.